The van der Waals surface area contributed by atoms with Crippen LogP contribution in [0.4, 0.5) is 5.69 Å². The smallest absolute Gasteiger partial charge is 0.233 e. The number of carbonyl (C=O) groups is 2. The predicted molar refractivity (Wildman–Crippen MR) is 49.4 cm³/mol. The lowest BCUT2D eigenvalue weighted by atomic mass is 9.95. The van der Waals surface area contributed by atoms with E-state index in [0.717, 1.165) is 0 Å². The molecule has 1 aromatic heterocycles. The second-order valence-corrected chi connectivity index (χ2v) is 2.92. The molecule has 70 valence electrons. The molecule has 0 aliphatic carbocycles. The van der Waals surface area contributed by atoms with Gasteiger partial charge in [-0.15, -0.1) is 0 Å². The lowest BCUT2D eigenvalue weighted by Gasteiger charge is -2.13. The quantitative estimate of drug-likeness (QED) is 0.635. The zero-order valence-corrected chi connectivity index (χ0v) is 7.18. The monoisotopic (exact) mass is 189 g/mol. The topological polar surface area (TPSA) is 85.4 Å². The van der Waals surface area contributed by atoms with Crippen molar-refractivity contribution in [2.75, 3.05) is 0 Å². The highest BCUT2D eigenvalue weighted by Gasteiger charge is 2.28. The van der Waals surface area contributed by atoms with E-state index in [0.29, 0.717) is 11.3 Å². The highest BCUT2D eigenvalue weighted by Crippen LogP contribution is 2.24. The summed E-state index contributed by atoms with van der Waals surface area (Å²) in [5, 5.41) is 0. The maximum Gasteiger partial charge on any atom is 0.233 e. The Labute approximate surface area is 79.7 Å². The molecule has 1 amide bonds. The Bertz CT molecular complexity index is 439. The zero-order valence-electron chi connectivity index (χ0n) is 7.18. The molecule has 2 N–H and O–H groups in total. The summed E-state index contributed by atoms with van der Waals surface area (Å²) in [4.78, 5) is 30.3. The van der Waals surface area contributed by atoms with Crippen molar-refractivity contribution in [1.29, 1.82) is 0 Å². The largest absolute Gasteiger partial charge is 0.369 e. The number of amides is 1. The second-order valence-electron chi connectivity index (χ2n) is 2.92. The number of nitrogens with zero attached hydrogens (tertiary/aromatic N) is 2. The number of primary amides is 1. The SMILES string of the molecule is NC(=O)C1C=Nc2cnccc2C1=O. The highest BCUT2D eigenvalue weighted by molar-refractivity contribution is 6.23. The van der Waals surface area contributed by atoms with E-state index in [9.17, 15) is 9.59 Å². The second kappa shape index (κ2) is 3.02. The third-order valence-electron chi connectivity index (χ3n) is 2.02. The van der Waals surface area contributed by atoms with Gasteiger partial charge in [-0.2, -0.15) is 0 Å². The highest BCUT2D eigenvalue weighted by atomic mass is 16.2. The average Bonchev–Trinajstić information content (AvgIpc) is 2.18. The fraction of sp³-hybridized carbons (Fsp3) is 0.111. The molecule has 1 atom stereocenters. The molecular formula is C9H7N3O2. The number of aromatic nitrogens is 1. The molecule has 0 bridgehead atoms. The van der Waals surface area contributed by atoms with Crippen LogP contribution in [-0.2, 0) is 4.79 Å². The van der Waals surface area contributed by atoms with Crippen molar-refractivity contribution in [1.82, 2.24) is 4.98 Å². The number of hydrogen-bond acceptors (Lipinski definition) is 4. The van der Waals surface area contributed by atoms with Crippen LogP contribution in [0.25, 0.3) is 0 Å². The fourth-order valence-corrected chi connectivity index (χ4v) is 1.29. The van der Waals surface area contributed by atoms with E-state index in [4.69, 9.17) is 5.73 Å². The molecule has 5 heteroatoms. The maximum absolute atomic E-state index is 11.6. The van der Waals surface area contributed by atoms with Crippen LogP contribution in [0, 0.1) is 5.92 Å². The number of aliphatic imine (C=N–C) groups is 1. The Morgan fingerprint density at radius 1 is 1.50 bits per heavy atom. The Hall–Kier alpha value is -2.04. The van der Waals surface area contributed by atoms with Gasteiger partial charge in [-0.3, -0.25) is 19.6 Å². The van der Waals surface area contributed by atoms with E-state index in [2.05, 4.69) is 9.98 Å². The van der Waals surface area contributed by atoms with Gasteiger partial charge >= 0.3 is 0 Å². The normalized spacial score (nSPS) is 19.1. The Morgan fingerprint density at radius 2 is 2.29 bits per heavy atom. The Balaban J connectivity index is 2.50. The van der Waals surface area contributed by atoms with Crippen LogP contribution in [-0.4, -0.2) is 22.9 Å². The molecule has 1 aliphatic heterocycles. The molecule has 0 saturated carbocycles. The van der Waals surface area contributed by atoms with E-state index in [1.54, 1.807) is 0 Å². The molecule has 2 heterocycles. The Kier molecular flexibility index (Phi) is 1.85. The van der Waals surface area contributed by atoms with Crippen molar-refractivity contribution in [3.63, 3.8) is 0 Å². The molecule has 0 spiro atoms. The summed E-state index contributed by atoms with van der Waals surface area (Å²) in [6, 6.07) is 1.53. The van der Waals surface area contributed by atoms with E-state index in [-0.39, 0.29) is 5.78 Å². The molecule has 0 fully saturated rings. The average molecular weight is 189 g/mol. The van der Waals surface area contributed by atoms with Crippen LogP contribution in [0.2, 0.25) is 0 Å². The molecule has 14 heavy (non-hydrogen) atoms. The van der Waals surface area contributed by atoms with Crippen LogP contribution in [0.3, 0.4) is 0 Å². The molecule has 0 radical (unpaired) electrons. The molecule has 1 aliphatic rings. The van der Waals surface area contributed by atoms with Crippen molar-refractivity contribution in [3.05, 3.63) is 24.0 Å². The van der Waals surface area contributed by atoms with Gasteiger partial charge in [0.2, 0.25) is 5.91 Å². The number of pyridine rings is 1. The number of ketones is 1. The minimum Gasteiger partial charge on any atom is -0.369 e. The number of fused-ring (bicyclic) bond motifs is 1. The third-order valence-corrected chi connectivity index (χ3v) is 2.02. The number of Topliss-reactive ketones (excluding diaryl/α,β-unsaturated/α-hetero) is 1. The first kappa shape index (κ1) is 8.55. The molecule has 0 saturated heterocycles. The van der Waals surface area contributed by atoms with Gasteiger partial charge in [0.15, 0.2) is 5.78 Å². The van der Waals surface area contributed by atoms with Crippen molar-refractivity contribution in [2.45, 2.75) is 0 Å². The van der Waals surface area contributed by atoms with Gasteiger partial charge in [0.25, 0.3) is 0 Å². The summed E-state index contributed by atoms with van der Waals surface area (Å²) in [6.45, 7) is 0. The minimum atomic E-state index is -0.940. The summed E-state index contributed by atoms with van der Waals surface area (Å²) in [5.41, 5.74) is 5.92. The van der Waals surface area contributed by atoms with Gasteiger partial charge in [0.05, 0.1) is 11.9 Å². The van der Waals surface area contributed by atoms with Gasteiger partial charge < -0.3 is 5.73 Å². The summed E-state index contributed by atoms with van der Waals surface area (Å²) in [6.07, 6.45) is 4.21. The summed E-state index contributed by atoms with van der Waals surface area (Å²) in [5.74, 6) is -1.93. The standard InChI is InChI=1S/C9H7N3O2/c10-9(14)6-3-12-7-4-11-2-1-5(7)8(6)13/h1-4,6H,(H2,10,14). The van der Waals surface area contributed by atoms with Gasteiger partial charge in [-0.05, 0) is 6.07 Å². The van der Waals surface area contributed by atoms with Crippen LogP contribution in [0.5, 0.6) is 0 Å². The van der Waals surface area contributed by atoms with Crippen molar-refractivity contribution in [2.24, 2.45) is 16.6 Å². The maximum atomic E-state index is 11.6. The van der Waals surface area contributed by atoms with Crippen LogP contribution in [0.1, 0.15) is 10.4 Å². The van der Waals surface area contributed by atoms with Crippen LogP contribution in [0.15, 0.2) is 23.5 Å². The van der Waals surface area contributed by atoms with Crippen LogP contribution < -0.4 is 5.73 Å². The van der Waals surface area contributed by atoms with Gasteiger partial charge in [0.1, 0.15) is 5.92 Å². The first-order valence-corrected chi connectivity index (χ1v) is 4.02. The minimum absolute atomic E-state index is 0.315. The molecule has 1 aromatic rings. The molecule has 2 rings (SSSR count). The number of nitrogens with two attached hydrogens (primary N) is 1. The molecule has 5 nitrogen and oxygen atoms in total. The molecule has 1 unspecified atom stereocenters. The Morgan fingerprint density at radius 3 is 3.00 bits per heavy atom. The van der Waals surface area contributed by atoms with Gasteiger partial charge in [0, 0.05) is 18.0 Å². The van der Waals surface area contributed by atoms with E-state index < -0.39 is 11.8 Å². The molecule has 0 aromatic carbocycles. The first-order valence-electron chi connectivity index (χ1n) is 4.02. The number of rotatable bonds is 1. The first-order chi connectivity index (χ1) is 6.70. The summed E-state index contributed by atoms with van der Waals surface area (Å²) < 4.78 is 0. The number of carbonyl (C=O) groups excluding carboxylic acids is 2. The van der Waals surface area contributed by atoms with Gasteiger partial charge in [-0.1, -0.05) is 0 Å². The lowest BCUT2D eigenvalue weighted by Crippen LogP contribution is -2.33. The van der Waals surface area contributed by atoms with Crippen LogP contribution >= 0.6 is 0 Å². The predicted octanol–water partition coefficient (Wildman–Crippen LogP) is 0.0817. The summed E-state index contributed by atoms with van der Waals surface area (Å²) >= 11 is 0. The van der Waals surface area contributed by atoms with Crippen molar-refractivity contribution < 1.29 is 9.59 Å². The van der Waals surface area contributed by atoms with Gasteiger partial charge in [-0.25, -0.2) is 0 Å². The van der Waals surface area contributed by atoms with Crippen molar-refractivity contribution in [3.8, 4) is 0 Å². The number of hydrogen-bond donors (Lipinski definition) is 1. The van der Waals surface area contributed by atoms with Crippen molar-refractivity contribution >= 4 is 23.6 Å². The van der Waals surface area contributed by atoms with E-state index in [1.807, 2.05) is 0 Å². The zero-order chi connectivity index (χ0) is 10.1. The molecular weight excluding hydrogens is 182 g/mol. The van der Waals surface area contributed by atoms with E-state index in [1.165, 1.54) is 24.7 Å². The van der Waals surface area contributed by atoms with E-state index >= 15 is 0 Å². The fourth-order valence-electron chi connectivity index (χ4n) is 1.29. The third kappa shape index (κ3) is 1.19. The summed E-state index contributed by atoms with van der Waals surface area (Å²) in [7, 11) is 0. The lowest BCUT2D eigenvalue weighted by molar-refractivity contribution is -0.118.